The van der Waals surface area contributed by atoms with Crippen LogP contribution in [0.4, 0.5) is 0 Å². The highest BCUT2D eigenvalue weighted by molar-refractivity contribution is 5.88. The van der Waals surface area contributed by atoms with E-state index in [2.05, 4.69) is 18.2 Å². The second-order valence-corrected chi connectivity index (χ2v) is 6.79. The van der Waals surface area contributed by atoms with E-state index in [1.54, 1.807) is 18.2 Å². The number of fused-ring (bicyclic) bond motifs is 3. The molecule has 4 aromatic rings. The Morgan fingerprint density at radius 2 is 1.52 bits per heavy atom. The van der Waals surface area contributed by atoms with Gasteiger partial charge in [0.2, 0.25) is 0 Å². The average Bonchev–Trinajstić information content (AvgIpc) is 3.08. The molecule has 1 heterocycles. The van der Waals surface area contributed by atoms with Gasteiger partial charge in [-0.05, 0) is 46.5 Å². The van der Waals surface area contributed by atoms with Crippen molar-refractivity contribution in [3.63, 3.8) is 0 Å². The van der Waals surface area contributed by atoms with Crippen LogP contribution in [-0.2, 0) is 6.42 Å². The molecule has 0 bridgehead atoms. The van der Waals surface area contributed by atoms with Gasteiger partial charge in [0.15, 0.2) is 0 Å². The van der Waals surface area contributed by atoms with Crippen LogP contribution in [0.3, 0.4) is 0 Å². The number of hydrogen-bond donors (Lipinski definition) is 2. The van der Waals surface area contributed by atoms with Crippen LogP contribution in [0.2, 0.25) is 0 Å². The Morgan fingerprint density at radius 1 is 0.741 bits per heavy atom. The number of aromatic nitrogens is 1. The van der Waals surface area contributed by atoms with Crippen LogP contribution in [0.25, 0.3) is 33.6 Å². The Labute approximate surface area is 157 Å². The minimum absolute atomic E-state index is 0.208. The Bertz CT molecular complexity index is 1170. The maximum Gasteiger partial charge on any atom is 0.125 e. The normalized spacial score (nSPS) is 11.9. The Hall–Kier alpha value is -3.59. The van der Waals surface area contributed by atoms with Gasteiger partial charge in [-0.2, -0.15) is 0 Å². The summed E-state index contributed by atoms with van der Waals surface area (Å²) in [7, 11) is 0. The van der Waals surface area contributed by atoms with Crippen LogP contribution in [-0.4, -0.2) is 15.2 Å². The van der Waals surface area contributed by atoms with Gasteiger partial charge in [0.1, 0.15) is 11.5 Å². The maximum absolute atomic E-state index is 10.5. The number of phenols is 2. The van der Waals surface area contributed by atoms with E-state index in [9.17, 15) is 10.2 Å². The molecule has 3 nitrogen and oxygen atoms in total. The third-order valence-corrected chi connectivity index (χ3v) is 5.08. The highest BCUT2D eigenvalue weighted by Gasteiger charge is 2.27. The highest BCUT2D eigenvalue weighted by Crippen LogP contribution is 2.45. The lowest BCUT2D eigenvalue weighted by Crippen LogP contribution is -1.94. The zero-order chi connectivity index (χ0) is 18.4. The summed E-state index contributed by atoms with van der Waals surface area (Å²) in [5, 5.41) is 20.4. The number of hydrogen-bond acceptors (Lipinski definition) is 3. The fourth-order valence-electron chi connectivity index (χ4n) is 3.84. The highest BCUT2D eigenvalue weighted by atomic mass is 16.3. The lowest BCUT2D eigenvalue weighted by molar-refractivity contribution is 0.475. The van der Waals surface area contributed by atoms with Gasteiger partial charge < -0.3 is 10.2 Å². The second-order valence-electron chi connectivity index (χ2n) is 6.79. The van der Waals surface area contributed by atoms with Crippen molar-refractivity contribution in [3.8, 4) is 45.1 Å². The molecule has 1 aliphatic carbocycles. The van der Waals surface area contributed by atoms with Crippen molar-refractivity contribution in [2.75, 3.05) is 0 Å². The Kier molecular flexibility index (Phi) is 3.47. The van der Waals surface area contributed by atoms with E-state index < -0.39 is 0 Å². The summed E-state index contributed by atoms with van der Waals surface area (Å²) in [6.07, 6.45) is 0.747. The van der Waals surface area contributed by atoms with Crippen molar-refractivity contribution in [2.24, 2.45) is 0 Å². The first-order valence-electron chi connectivity index (χ1n) is 8.90. The molecule has 0 saturated heterocycles. The molecular formula is C24H17NO2. The summed E-state index contributed by atoms with van der Waals surface area (Å²) in [5.41, 5.74) is 7.69. The Morgan fingerprint density at radius 3 is 2.33 bits per heavy atom. The summed E-state index contributed by atoms with van der Waals surface area (Å²) in [6.45, 7) is 0. The third-order valence-electron chi connectivity index (χ3n) is 5.08. The largest absolute Gasteiger partial charge is 0.508 e. The maximum atomic E-state index is 10.5. The number of nitrogens with zero attached hydrogens (tertiary/aromatic N) is 1. The predicted molar refractivity (Wildman–Crippen MR) is 107 cm³/mol. The molecule has 0 fully saturated rings. The molecule has 0 atom stereocenters. The first-order chi connectivity index (χ1) is 13.2. The SMILES string of the molecule is Oc1cccc(-c2cc(-c3ccccc3)c3c(n2)-c2c(O)cccc2C3)c1. The minimum atomic E-state index is 0.208. The predicted octanol–water partition coefficient (Wildman–Crippen LogP) is 5.40. The van der Waals surface area contributed by atoms with Gasteiger partial charge in [-0.25, -0.2) is 4.98 Å². The van der Waals surface area contributed by atoms with Crippen molar-refractivity contribution in [2.45, 2.75) is 6.42 Å². The van der Waals surface area contributed by atoms with Crippen LogP contribution >= 0.6 is 0 Å². The molecule has 3 heteroatoms. The Balaban J connectivity index is 1.81. The lowest BCUT2D eigenvalue weighted by Gasteiger charge is -2.12. The molecule has 2 N–H and O–H groups in total. The zero-order valence-corrected chi connectivity index (χ0v) is 14.6. The molecule has 0 aliphatic heterocycles. The lowest BCUT2D eigenvalue weighted by atomic mass is 9.96. The summed E-state index contributed by atoms with van der Waals surface area (Å²) < 4.78 is 0. The van der Waals surface area contributed by atoms with Crippen molar-refractivity contribution < 1.29 is 10.2 Å². The molecule has 27 heavy (non-hydrogen) atoms. The topological polar surface area (TPSA) is 53.4 Å². The van der Waals surface area contributed by atoms with Crippen LogP contribution < -0.4 is 0 Å². The van der Waals surface area contributed by atoms with Crippen LogP contribution in [0, 0.1) is 0 Å². The first kappa shape index (κ1) is 15.6. The molecule has 0 saturated carbocycles. The third kappa shape index (κ3) is 2.56. The summed E-state index contributed by atoms with van der Waals surface area (Å²) >= 11 is 0. The van der Waals surface area contributed by atoms with Gasteiger partial charge in [0.25, 0.3) is 0 Å². The molecule has 0 amide bonds. The van der Waals surface area contributed by atoms with E-state index >= 15 is 0 Å². The van der Waals surface area contributed by atoms with E-state index in [1.165, 1.54) is 0 Å². The average molecular weight is 351 g/mol. The summed E-state index contributed by atoms with van der Waals surface area (Å²) in [5.74, 6) is 0.463. The molecule has 3 aromatic carbocycles. The number of phenolic OH excluding ortho intramolecular Hbond substituents is 2. The van der Waals surface area contributed by atoms with E-state index in [0.717, 1.165) is 51.2 Å². The second kappa shape index (κ2) is 5.99. The molecular weight excluding hydrogens is 334 g/mol. The molecule has 5 rings (SSSR count). The zero-order valence-electron chi connectivity index (χ0n) is 14.6. The molecule has 1 aromatic heterocycles. The van der Waals surface area contributed by atoms with Gasteiger partial charge in [-0.1, -0.05) is 54.6 Å². The van der Waals surface area contributed by atoms with E-state index in [4.69, 9.17) is 4.98 Å². The van der Waals surface area contributed by atoms with Crippen LogP contribution in [0.15, 0.2) is 78.9 Å². The van der Waals surface area contributed by atoms with Crippen LogP contribution in [0.1, 0.15) is 11.1 Å². The fraction of sp³-hybridized carbons (Fsp3) is 0.0417. The molecule has 0 radical (unpaired) electrons. The van der Waals surface area contributed by atoms with Crippen molar-refractivity contribution in [1.82, 2.24) is 4.98 Å². The molecule has 1 aliphatic rings. The fourth-order valence-corrected chi connectivity index (χ4v) is 3.84. The molecule has 0 unspecified atom stereocenters. The van der Waals surface area contributed by atoms with Crippen molar-refractivity contribution >= 4 is 0 Å². The van der Waals surface area contributed by atoms with Gasteiger partial charge in [0.05, 0.1) is 11.4 Å². The minimum Gasteiger partial charge on any atom is -0.508 e. The van der Waals surface area contributed by atoms with E-state index in [-0.39, 0.29) is 11.5 Å². The standard InChI is InChI=1S/C24H17NO2/c26-18-10-4-8-16(12-18)21-14-19(15-6-2-1-3-7-15)20-13-17-9-5-11-22(27)23(17)24(20)25-21/h1-12,14,26-27H,13H2. The summed E-state index contributed by atoms with van der Waals surface area (Å²) in [4.78, 5) is 4.88. The summed E-state index contributed by atoms with van der Waals surface area (Å²) in [6, 6.07) is 25.0. The first-order valence-corrected chi connectivity index (χ1v) is 8.90. The number of rotatable bonds is 2. The van der Waals surface area contributed by atoms with Gasteiger partial charge in [-0.3, -0.25) is 0 Å². The quantitative estimate of drug-likeness (QED) is 0.448. The molecule has 0 spiro atoms. The van der Waals surface area contributed by atoms with Crippen LogP contribution in [0.5, 0.6) is 11.5 Å². The smallest absolute Gasteiger partial charge is 0.125 e. The molecule has 130 valence electrons. The number of pyridine rings is 1. The van der Waals surface area contributed by atoms with Crippen molar-refractivity contribution in [1.29, 1.82) is 0 Å². The van der Waals surface area contributed by atoms with Gasteiger partial charge >= 0.3 is 0 Å². The van der Waals surface area contributed by atoms with Gasteiger partial charge in [0, 0.05) is 17.5 Å². The van der Waals surface area contributed by atoms with E-state index in [0.29, 0.717) is 0 Å². The van der Waals surface area contributed by atoms with Gasteiger partial charge in [-0.15, -0.1) is 0 Å². The number of aromatic hydroxyl groups is 2. The monoisotopic (exact) mass is 351 g/mol. The van der Waals surface area contributed by atoms with Crippen molar-refractivity contribution in [3.05, 3.63) is 90.0 Å². The number of benzene rings is 3. The van der Waals surface area contributed by atoms with E-state index in [1.807, 2.05) is 42.5 Å².